The van der Waals surface area contributed by atoms with Gasteiger partial charge in [0, 0.05) is 12.6 Å². The minimum absolute atomic E-state index is 0.435. The largest absolute Gasteiger partial charge is 0.497 e. The Hall–Kier alpha value is -1.22. The molecule has 0 unspecified atom stereocenters. The summed E-state index contributed by atoms with van der Waals surface area (Å²) in [6.07, 6.45) is 0. The molecule has 0 atom stereocenters. The normalized spacial score (nSPS) is 10.9. The molecule has 4 heteroatoms. The van der Waals surface area contributed by atoms with Crippen molar-refractivity contribution in [1.29, 1.82) is 0 Å². The summed E-state index contributed by atoms with van der Waals surface area (Å²) in [4.78, 5) is 4.46. The Morgan fingerprint density at radius 2 is 2.27 bits per heavy atom. The third-order valence-electron chi connectivity index (χ3n) is 2.47. The zero-order valence-electron chi connectivity index (χ0n) is 8.83. The molecule has 0 N–H and O–H groups in total. The molecule has 0 radical (unpaired) electrons. The van der Waals surface area contributed by atoms with E-state index in [1.165, 1.54) is 0 Å². The fourth-order valence-corrected chi connectivity index (χ4v) is 1.95. The molecule has 1 heterocycles. The lowest BCUT2D eigenvalue weighted by atomic mass is 10.3. The number of imidazole rings is 1. The number of ether oxygens (including phenoxy) is 1. The number of alkyl halides is 1. The van der Waals surface area contributed by atoms with Gasteiger partial charge in [0.2, 0.25) is 0 Å². The SMILES string of the molecule is CCn1c(CCl)nc2cc(OC)ccc21. The lowest BCUT2D eigenvalue weighted by Crippen LogP contribution is -1.98. The van der Waals surface area contributed by atoms with Crippen molar-refractivity contribution in [2.45, 2.75) is 19.3 Å². The van der Waals surface area contributed by atoms with E-state index in [2.05, 4.69) is 16.5 Å². The van der Waals surface area contributed by atoms with Gasteiger partial charge in [0.1, 0.15) is 11.6 Å². The van der Waals surface area contributed by atoms with Crippen LogP contribution >= 0.6 is 11.6 Å². The third-order valence-corrected chi connectivity index (χ3v) is 2.71. The second kappa shape index (κ2) is 4.11. The molecule has 80 valence electrons. The Morgan fingerprint density at radius 1 is 1.47 bits per heavy atom. The van der Waals surface area contributed by atoms with Crippen LogP contribution in [0.2, 0.25) is 0 Å². The molecular weight excluding hydrogens is 212 g/mol. The van der Waals surface area contributed by atoms with Crippen LogP contribution in [-0.4, -0.2) is 16.7 Å². The summed E-state index contributed by atoms with van der Waals surface area (Å²) in [7, 11) is 1.65. The van der Waals surface area contributed by atoms with Crippen molar-refractivity contribution < 1.29 is 4.74 Å². The molecule has 1 aromatic heterocycles. The number of hydrogen-bond donors (Lipinski definition) is 0. The summed E-state index contributed by atoms with van der Waals surface area (Å²) in [5, 5.41) is 0. The molecule has 1 aromatic carbocycles. The molecule has 0 saturated heterocycles. The second-order valence-electron chi connectivity index (χ2n) is 3.26. The number of methoxy groups -OCH3 is 1. The van der Waals surface area contributed by atoms with E-state index in [1.807, 2.05) is 18.2 Å². The number of halogens is 1. The predicted molar refractivity (Wildman–Crippen MR) is 61.5 cm³/mol. The van der Waals surface area contributed by atoms with Gasteiger partial charge in [0.15, 0.2) is 0 Å². The van der Waals surface area contributed by atoms with Gasteiger partial charge < -0.3 is 9.30 Å². The van der Waals surface area contributed by atoms with Gasteiger partial charge in [-0.1, -0.05) is 0 Å². The van der Waals surface area contributed by atoms with Gasteiger partial charge in [0.05, 0.1) is 24.0 Å². The van der Waals surface area contributed by atoms with Gasteiger partial charge in [-0.15, -0.1) is 11.6 Å². The number of aryl methyl sites for hydroxylation is 1. The van der Waals surface area contributed by atoms with Crippen LogP contribution in [0, 0.1) is 0 Å². The van der Waals surface area contributed by atoms with Gasteiger partial charge in [-0.05, 0) is 19.1 Å². The molecule has 0 aliphatic heterocycles. The standard InChI is InChI=1S/C11H13ClN2O/c1-3-14-10-5-4-8(15-2)6-9(10)13-11(14)7-12/h4-6H,3,7H2,1-2H3. The van der Waals surface area contributed by atoms with Crippen LogP contribution in [0.25, 0.3) is 11.0 Å². The first kappa shape index (κ1) is 10.3. The lowest BCUT2D eigenvalue weighted by molar-refractivity contribution is 0.415. The molecule has 0 aliphatic rings. The Labute approximate surface area is 93.6 Å². The molecular formula is C11H13ClN2O. The lowest BCUT2D eigenvalue weighted by Gasteiger charge is -2.03. The van der Waals surface area contributed by atoms with Gasteiger partial charge in [-0.25, -0.2) is 4.98 Å². The quantitative estimate of drug-likeness (QED) is 0.750. The monoisotopic (exact) mass is 224 g/mol. The van der Waals surface area contributed by atoms with Crippen molar-refractivity contribution >= 4 is 22.6 Å². The van der Waals surface area contributed by atoms with E-state index in [0.717, 1.165) is 29.2 Å². The summed E-state index contributed by atoms with van der Waals surface area (Å²) >= 11 is 5.84. The summed E-state index contributed by atoms with van der Waals surface area (Å²) in [5.74, 6) is 2.16. The molecule has 2 rings (SSSR count). The van der Waals surface area contributed by atoms with E-state index in [-0.39, 0.29) is 0 Å². The Balaban J connectivity index is 2.65. The van der Waals surface area contributed by atoms with Crippen LogP contribution < -0.4 is 4.74 Å². The summed E-state index contributed by atoms with van der Waals surface area (Å²) in [6.45, 7) is 2.96. The van der Waals surface area contributed by atoms with Crippen LogP contribution in [0.5, 0.6) is 5.75 Å². The molecule has 3 nitrogen and oxygen atoms in total. The maximum atomic E-state index is 5.84. The van der Waals surface area contributed by atoms with Crippen molar-refractivity contribution in [3.05, 3.63) is 24.0 Å². The first-order chi connectivity index (χ1) is 7.30. The number of aromatic nitrogens is 2. The molecule has 0 fully saturated rings. The summed E-state index contributed by atoms with van der Waals surface area (Å²) in [6, 6.07) is 5.88. The first-order valence-electron chi connectivity index (χ1n) is 4.89. The summed E-state index contributed by atoms with van der Waals surface area (Å²) in [5.41, 5.74) is 2.04. The minimum atomic E-state index is 0.435. The van der Waals surface area contributed by atoms with Crippen LogP contribution in [0.15, 0.2) is 18.2 Å². The Morgan fingerprint density at radius 3 is 2.87 bits per heavy atom. The average molecular weight is 225 g/mol. The van der Waals surface area contributed by atoms with Crippen LogP contribution in [-0.2, 0) is 12.4 Å². The van der Waals surface area contributed by atoms with Crippen molar-refractivity contribution in [3.8, 4) is 5.75 Å². The molecule has 15 heavy (non-hydrogen) atoms. The van der Waals surface area contributed by atoms with Crippen molar-refractivity contribution in [3.63, 3.8) is 0 Å². The fourth-order valence-electron chi connectivity index (χ4n) is 1.74. The van der Waals surface area contributed by atoms with Crippen LogP contribution in [0.4, 0.5) is 0 Å². The Bertz CT molecular complexity index is 479. The summed E-state index contributed by atoms with van der Waals surface area (Å²) < 4.78 is 7.27. The molecule has 0 bridgehead atoms. The highest BCUT2D eigenvalue weighted by atomic mass is 35.5. The van der Waals surface area contributed by atoms with Gasteiger partial charge >= 0.3 is 0 Å². The highest BCUT2D eigenvalue weighted by Gasteiger charge is 2.08. The maximum Gasteiger partial charge on any atom is 0.124 e. The highest BCUT2D eigenvalue weighted by molar-refractivity contribution is 6.16. The van der Waals surface area contributed by atoms with E-state index < -0.39 is 0 Å². The molecule has 0 amide bonds. The average Bonchev–Trinajstić information content (AvgIpc) is 2.65. The number of benzene rings is 1. The zero-order chi connectivity index (χ0) is 10.8. The number of hydrogen-bond acceptors (Lipinski definition) is 2. The fraction of sp³-hybridized carbons (Fsp3) is 0.364. The predicted octanol–water partition coefficient (Wildman–Crippen LogP) is 2.80. The first-order valence-corrected chi connectivity index (χ1v) is 5.42. The Kier molecular flexibility index (Phi) is 2.82. The van der Waals surface area contributed by atoms with Crippen LogP contribution in [0.3, 0.4) is 0 Å². The molecule has 0 spiro atoms. The molecule has 0 aliphatic carbocycles. The van der Waals surface area contributed by atoms with Crippen molar-refractivity contribution in [2.75, 3.05) is 7.11 Å². The van der Waals surface area contributed by atoms with E-state index >= 15 is 0 Å². The van der Waals surface area contributed by atoms with Gasteiger partial charge in [-0.2, -0.15) is 0 Å². The van der Waals surface area contributed by atoms with E-state index in [9.17, 15) is 0 Å². The van der Waals surface area contributed by atoms with E-state index in [4.69, 9.17) is 16.3 Å². The van der Waals surface area contributed by atoms with Crippen molar-refractivity contribution in [2.24, 2.45) is 0 Å². The van der Waals surface area contributed by atoms with Crippen molar-refractivity contribution in [1.82, 2.24) is 9.55 Å². The number of fused-ring (bicyclic) bond motifs is 1. The zero-order valence-corrected chi connectivity index (χ0v) is 9.58. The van der Waals surface area contributed by atoms with E-state index in [1.54, 1.807) is 7.11 Å². The molecule has 0 saturated carbocycles. The maximum absolute atomic E-state index is 5.84. The van der Waals surface area contributed by atoms with Gasteiger partial charge in [0.25, 0.3) is 0 Å². The van der Waals surface area contributed by atoms with E-state index in [0.29, 0.717) is 5.88 Å². The topological polar surface area (TPSA) is 27.1 Å². The third kappa shape index (κ3) is 1.67. The highest BCUT2D eigenvalue weighted by Crippen LogP contribution is 2.22. The number of rotatable bonds is 3. The minimum Gasteiger partial charge on any atom is -0.497 e. The van der Waals surface area contributed by atoms with Crippen LogP contribution in [0.1, 0.15) is 12.7 Å². The smallest absolute Gasteiger partial charge is 0.124 e. The molecule has 2 aromatic rings. The number of nitrogens with zero attached hydrogens (tertiary/aromatic N) is 2. The second-order valence-corrected chi connectivity index (χ2v) is 3.53. The van der Waals surface area contributed by atoms with Gasteiger partial charge in [-0.3, -0.25) is 0 Å².